The van der Waals surface area contributed by atoms with Crippen LogP contribution in [-0.4, -0.2) is 4.98 Å². The van der Waals surface area contributed by atoms with Gasteiger partial charge in [0.25, 0.3) is 0 Å². The Bertz CT molecular complexity index is 747. The molecule has 1 atom stereocenters. The minimum atomic E-state index is -0.565. The Morgan fingerprint density at radius 2 is 1.81 bits per heavy atom. The minimum absolute atomic E-state index is 0.0393. The van der Waals surface area contributed by atoms with E-state index in [-0.39, 0.29) is 5.56 Å². The summed E-state index contributed by atoms with van der Waals surface area (Å²) in [5.41, 5.74) is 0.950. The van der Waals surface area contributed by atoms with Crippen molar-refractivity contribution in [2.24, 2.45) is 0 Å². The van der Waals surface area contributed by atoms with E-state index < -0.39 is 16.5 Å². The van der Waals surface area contributed by atoms with Gasteiger partial charge in [0.05, 0.1) is 20.1 Å². The van der Waals surface area contributed by atoms with Crippen molar-refractivity contribution in [1.29, 1.82) is 0 Å². The molecule has 1 nitrogen and oxygen atoms in total. The van der Waals surface area contributed by atoms with Crippen LogP contribution in [0.4, 0.5) is 8.78 Å². The fourth-order valence-corrected chi connectivity index (χ4v) is 4.49. The first kappa shape index (κ1) is 15.1. The predicted octanol–water partition coefficient (Wildman–Crippen LogP) is 6.02. The van der Waals surface area contributed by atoms with Crippen LogP contribution in [0.2, 0.25) is 0 Å². The molecule has 3 aromatic rings. The van der Waals surface area contributed by atoms with Crippen LogP contribution in [0.3, 0.4) is 0 Å². The Morgan fingerprint density at radius 1 is 1.14 bits per heavy atom. The molecule has 3 rings (SSSR count). The van der Waals surface area contributed by atoms with Gasteiger partial charge in [-0.05, 0) is 24.3 Å². The highest BCUT2D eigenvalue weighted by molar-refractivity contribution is 9.10. The standard InChI is InChI=1S/C15H9Br2F2NS/c16-8-5-10(18)15(11(19)6-8)9(17)7-14-20-12-3-1-2-4-13(12)21-14/h1-6,9H,7H2. The third kappa shape index (κ3) is 3.17. The lowest BCUT2D eigenvalue weighted by molar-refractivity contribution is 0.552. The molecule has 1 heterocycles. The molecule has 0 N–H and O–H groups in total. The van der Waals surface area contributed by atoms with Crippen molar-refractivity contribution in [3.05, 3.63) is 63.1 Å². The Morgan fingerprint density at radius 3 is 2.48 bits per heavy atom. The van der Waals surface area contributed by atoms with Gasteiger partial charge >= 0.3 is 0 Å². The summed E-state index contributed by atoms with van der Waals surface area (Å²) < 4.78 is 29.4. The lowest BCUT2D eigenvalue weighted by Crippen LogP contribution is -2.02. The Kier molecular flexibility index (Phi) is 4.38. The van der Waals surface area contributed by atoms with Crippen LogP contribution in [0.5, 0.6) is 0 Å². The van der Waals surface area contributed by atoms with Gasteiger partial charge in [-0.1, -0.05) is 44.0 Å². The van der Waals surface area contributed by atoms with Crippen LogP contribution in [0.1, 0.15) is 15.4 Å². The molecule has 0 aliphatic carbocycles. The number of alkyl halides is 1. The molecule has 6 heteroatoms. The van der Waals surface area contributed by atoms with Crippen LogP contribution in [0.15, 0.2) is 40.9 Å². The van der Waals surface area contributed by atoms with Crippen LogP contribution < -0.4 is 0 Å². The highest BCUT2D eigenvalue weighted by Gasteiger charge is 2.20. The lowest BCUT2D eigenvalue weighted by atomic mass is 10.1. The van der Waals surface area contributed by atoms with Crippen LogP contribution in [-0.2, 0) is 6.42 Å². The lowest BCUT2D eigenvalue weighted by Gasteiger charge is -2.11. The summed E-state index contributed by atoms with van der Waals surface area (Å²) in [6.45, 7) is 0. The smallest absolute Gasteiger partial charge is 0.131 e. The summed E-state index contributed by atoms with van der Waals surface area (Å²) in [7, 11) is 0. The van der Waals surface area contributed by atoms with Crippen molar-refractivity contribution in [2.45, 2.75) is 11.2 Å². The van der Waals surface area contributed by atoms with Gasteiger partial charge in [-0.15, -0.1) is 11.3 Å². The number of benzene rings is 2. The van der Waals surface area contributed by atoms with Crippen molar-refractivity contribution >= 4 is 53.4 Å². The molecule has 0 spiro atoms. The van der Waals surface area contributed by atoms with E-state index in [0.29, 0.717) is 10.9 Å². The molecule has 108 valence electrons. The van der Waals surface area contributed by atoms with Crippen molar-refractivity contribution in [1.82, 2.24) is 4.98 Å². The third-order valence-electron chi connectivity index (χ3n) is 3.05. The number of fused-ring (bicyclic) bond motifs is 1. The number of halogens is 4. The van der Waals surface area contributed by atoms with E-state index in [1.165, 1.54) is 23.5 Å². The second-order valence-corrected chi connectivity index (χ2v) is 7.67. The maximum Gasteiger partial charge on any atom is 0.131 e. The number of thiazole rings is 1. The molecule has 0 fully saturated rings. The maximum absolute atomic E-state index is 14.0. The summed E-state index contributed by atoms with van der Waals surface area (Å²) in [4.78, 5) is 4.04. The molecule has 0 bridgehead atoms. The van der Waals surface area contributed by atoms with Gasteiger partial charge in [-0.3, -0.25) is 0 Å². The van der Waals surface area contributed by atoms with Gasteiger partial charge in [0.2, 0.25) is 0 Å². The molecule has 0 saturated carbocycles. The molecule has 0 aliphatic rings. The zero-order valence-corrected chi connectivity index (χ0v) is 14.6. The molecule has 21 heavy (non-hydrogen) atoms. The Labute approximate surface area is 141 Å². The van der Waals surface area contributed by atoms with Gasteiger partial charge in [0, 0.05) is 16.5 Å². The normalized spacial score (nSPS) is 12.8. The van der Waals surface area contributed by atoms with E-state index in [1.54, 1.807) is 0 Å². The van der Waals surface area contributed by atoms with Crippen molar-refractivity contribution in [2.75, 3.05) is 0 Å². The molecule has 2 aromatic carbocycles. The molecule has 1 unspecified atom stereocenters. The molecular formula is C15H9Br2F2NS. The average molecular weight is 433 g/mol. The number of nitrogens with zero attached hydrogens (tertiary/aromatic N) is 1. The summed E-state index contributed by atoms with van der Waals surface area (Å²) in [5, 5.41) is 0.847. The van der Waals surface area contributed by atoms with Gasteiger partial charge in [-0.2, -0.15) is 0 Å². The first-order valence-corrected chi connectivity index (χ1v) is 8.70. The predicted molar refractivity (Wildman–Crippen MR) is 89.1 cm³/mol. The molecule has 1 aromatic heterocycles. The van der Waals surface area contributed by atoms with E-state index in [4.69, 9.17) is 0 Å². The van der Waals surface area contributed by atoms with Crippen molar-refractivity contribution in [3.8, 4) is 0 Å². The number of rotatable bonds is 3. The summed E-state index contributed by atoms with van der Waals surface area (Å²) in [5.74, 6) is -1.13. The molecule has 0 aliphatic heterocycles. The summed E-state index contributed by atoms with van der Waals surface area (Å²) in [6.07, 6.45) is 0.439. The number of hydrogen-bond donors (Lipinski definition) is 0. The minimum Gasteiger partial charge on any atom is -0.241 e. The quantitative estimate of drug-likeness (QED) is 0.461. The van der Waals surface area contributed by atoms with Gasteiger partial charge in [0.1, 0.15) is 11.6 Å². The van der Waals surface area contributed by atoms with E-state index in [9.17, 15) is 8.78 Å². The first-order chi connectivity index (χ1) is 10.0. The number of aromatic nitrogens is 1. The Hall–Kier alpha value is -0.850. The molecule has 0 radical (unpaired) electrons. The van der Waals surface area contributed by atoms with Crippen LogP contribution >= 0.6 is 43.2 Å². The topological polar surface area (TPSA) is 12.9 Å². The highest BCUT2D eigenvalue weighted by Crippen LogP contribution is 2.34. The Balaban J connectivity index is 1.91. The van der Waals surface area contributed by atoms with E-state index in [2.05, 4.69) is 36.8 Å². The second kappa shape index (κ2) is 6.10. The summed E-state index contributed by atoms with van der Waals surface area (Å²) >= 11 is 8.00. The summed E-state index contributed by atoms with van der Waals surface area (Å²) in [6, 6.07) is 10.3. The van der Waals surface area contributed by atoms with E-state index >= 15 is 0 Å². The largest absolute Gasteiger partial charge is 0.241 e. The fraction of sp³-hybridized carbons (Fsp3) is 0.133. The van der Waals surface area contributed by atoms with Crippen LogP contribution in [0, 0.1) is 11.6 Å². The zero-order valence-electron chi connectivity index (χ0n) is 10.6. The number of para-hydroxylation sites is 1. The van der Waals surface area contributed by atoms with Crippen LogP contribution in [0.25, 0.3) is 10.2 Å². The van der Waals surface area contributed by atoms with Gasteiger partial charge in [-0.25, -0.2) is 13.8 Å². The van der Waals surface area contributed by atoms with Gasteiger partial charge in [0.15, 0.2) is 0 Å². The third-order valence-corrected chi connectivity index (χ3v) is 5.35. The monoisotopic (exact) mass is 431 g/mol. The highest BCUT2D eigenvalue weighted by atomic mass is 79.9. The number of hydrogen-bond acceptors (Lipinski definition) is 2. The second-order valence-electron chi connectivity index (χ2n) is 4.53. The van der Waals surface area contributed by atoms with Gasteiger partial charge < -0.3 is 0 Å². The maximum atomic E-state index is 14.0. The molecular weight excluding hydrogens is 424 g/mol. The SMILES string of the molecule is Fc1cc(Br)cc(F)c1C(Br)Cc1nc2ccccc2s1. The zero-order chi connectivity index (χ0) is 15.0. The van der Waals surface area contributed by atoms with Crippen molar-refractivity contribution < 1.29 is 8.78 Å². The first-order valence-electron chi connectivity index (χ1n) is 6.17. The molecule has 0 saturated heterocycles. The van der Waals surface area contributed by atoms with Crippen molar-refractivity contribution in [3.63, 3.8) is 0 Å². The average Bonchev–Trinajstić information content (AvgIpc) is 2.79. The van der Waals surface area contributed by atoms with E-state index in [0.717, 1.165) is 15.2 Å². The molecule has 0 amide bonds. The van der Waals surface area contributed by atoms with E-state index in [1.807, 2.05) is 24.3 Å². The fourth-order valence-electron chi connectivity index (χ4n) is 2.12.